The molecule has 0 saturated heterocycles. The fourth-order valence-electron chi connectivity index (χ4n) is 3.70. The van der Waals surface area contributed by atoms with Crippen molar-refractivity contribution in [1.29, 1.82) is 0 Å². The van der Waals surface area contributed by atoms with Gasteiger partial charge in [0, 0.05) is 29.9 Å². The smallest absolute Gasteiger partial charge is 0.333 e. The molecule has 144 valence electrons. The second-order valence-electron chi connectivity index (χ2n) is 7.13. The van der Waals surface area contributed by atoms with Crippen LogP contribution in [0.25, 0.3) is 12.2 Å². The SMILES string of the molecule is COC12C=C3C=CC(=N3)C=c3ccc([nH]3)=CC3=NC(=CC(=C(C(=O)O)C1)N2)C=C3. The highest BCUT2D eigenvalue weighted by molar-refractivity contribution is 6.20. The number of fused-ring (bicyclic) bond motifs is 6. The van der Waals surface area contributed by atoms with Gasteiger partial charge in [-0.15, -0.1) is 0 Å². The fourth-order valence-corrected chi connectivity index (χ4v) is 3.70. The fraction of sp³-hybridized carbons (Fsp3) is 0.136. The minimum Gasteiger partial charge on any atom is -0.478 e. The van der Waals surface area contributed by atoms with Gasteiger partial charge in [-0.1, -0.05) is 0 Å². The Morgan fingerprint density at radius 2 is 1.69 bits per heavy atom. The van der Waals surface area contributed by atoms with Crippen LogP contribution in [0.3, 0.4) is 0 Å². The molecule has 1 atom stereocenters. The van der Waals surface area contributed by atoms with Crippen LogP contribution >= 0.6 is 0 Å². The molecule has 4 aliphatic heterocycles. The highest BCUT2D eigenvalue weighted by Crippen LogP contribution is 2.33. The Balaban J connectivity index is 1.71. The van der Waals surface area contributed by atoms with Crippen LogP contribution in [0.15, 0.2) is 81.2 Å². The first-order valence-electron chi connectivity index (χ1n) is 9.18. The van der Waals surface area contributed by atoms with E-state index in [2.05, 4.69) is 20.3 Å². The van der Waals surface area contributed by atoms with Crippen molar-refractivity contribution in [2.75, 3.05) is 7.11 Å². The van der Waals surface area contributed by atoms with Crippen molar-refractivity contribution < 1.29 is 14.6 Å². The number of nitrogens with zero attached hydrogens (tertiary/aromatic N) is 2. The van der Waals surface area contributed by atoms with Crippen molar-refractivity contribution >= 4 is 29.5 Å². The quantitative estimate of drug-likeness (QED) is 0.708. The number of methoxy groups -OCH3 is 1. The first-order chi connectivity index (χ1) is 14.0. The number of aromatic nitrogens is 1. The molecule has 4 aliphatic rings. The number of nitrogens with one attached hydrogen (secondary N) is 2. The molecule has 7 heteroatoms. The molecule has 7 nitrogen and oxygen atoms in total. The number of carbonyl (C=O) groups is 1. The number of hydrogen-bond acceptors (Lipinski definition) is 5. The molecule has 0 amide bonds. The lowest BCUT2D eigenvalue weighted by atomic mass is 10.1. The lowest BCUT2D eigenvalue weighted by Gasteiger charge is -2.26. The van der Waals surface area contributed by atoms with Gasteiger partial charge >= 0.3 is 5.97 Å². The number of carboxylic acids is 1. The highest BCUT2D eigenvalue weighted by atomic mass is 16.5. The van der Waals surface area contributed by atoms with E-state index in [0.717, 1.165) is 22.1 Å². The summed E-state index contributed by atoms with van der Waals surface area (Å²) in [7, 11) is 1.55. The van der Waals surface area contributed by atoms with Crippen molar-refractivity contribution in [3.8, 4) is 0 Å². The molecule has 1 aromatic heterocycles. The van der Waals surface area contributed by atoms with Crippen molar-refractivity contribution in [2.24, 2.45) is 9.98 Å². The van der Waals surface area contributed by atoms with Crippen molar-refractivity contribution in [1.82, 2.24) is 10.3 Å². The minimum absolute atomic E-state index is 0.176. The van der Waals surface area contributed by atoms with E-state index in [9.17, 15) is 9.90 Å². The third-order valence-electron chi connectivity index (χ3n) is 5.11. The van der Waals surface area contributed by atoms with E-state index in [0.29, 0.717) is 17.1 Å². The summed E-state index contributed by atoms with van der Waals surface area (Å²) in [5, 5.41) is 14.8. The van der Waals surface area contributed by atoms with Gasteiger partial charge in [-0.3, -0.25) is 0 Å². The summed E-state index contributed by atoms with van der Waals surface area (Å²) in [4.78, 5) is 24.4. The Bertz CT molecular complexity index is 1270. The average molecular weight is 386 g/mol. The Labute approximate surface area is 166 Å². The molecule has 3 N–H and O–H groups in total. The van der Waals surface area contributed by atoms with Crippen LogP contribution in [-0.2, 0) is 9.53 Å². The minimum atomic E-state index is -0.990. The summed E-state index contributed by atoms with van der Waals surface area (Å²) in [5.74, 6) is -0.990. The highest BCUT2D eigenvalue weighted by Gasteiger charge is 2.39. The third-order valence-corrected chi connectivity index (χ3v) is 5.11. The van der Waals surface area contributed by atoms with E-state index in [4.69, 9.17) is 4.74 Å². The number of H-pyrrole nitrogens is 1. The van der Waals surface area contributed by atoms with Crippen LogP contribution < -0.4 is 16.0 Å². The molecular formula is C22H18N4O3. The maximum absolute atomic E-state index is 11.9. The summed E-state index contributed by atoms with van der Waals surface area (Å²) in [5.41, 5.74) is 2.69. The predicted molar refractivity (Wildman–Crippen MR) is 110 cm³/mol. The van der Waals surface area contributed by atoms with E-state index in [1.54, 1.807) is 13.2 Å². The summed E-state index contributed by atoms with van der Waals surface area (Å²) >= 11 is 0. The molecule has 5 heterocycles. The van der Waals surface area contributed by atoms with Gasteiger partial charge in [0.15, 0.2) is 5.72 Å². The van der Waals surface area contributed by atoms with E-state index >= 15 is 0 Å². The molecule has 5 rings (SSSR count). The van der Waals surface area contributed by atoms with Gasteiger partial charge in [0.25, 0.3) is 0 Å². The predicted octanol–water partition coefficient (Wildman–Crippen LogP) is 1.05. The lowest BCUT2D eigenvalue weighted by Crippen LogP contribution is -2.40. The Morgan fingerprint density at radius 3 is 2.34 bits per heavy atom. The molecule has 0 aromatic carbocycles. The van der Waals surface area contributed by atoms with E-state index in [1.807, 2.05) is 54.7 Å². The van der Waals surface area contributed by atoms with Gasteiger partial charge in [-0.2, -0.15) is 0 Å². The summed E-state index contributed by atoms with van der Waals surface area (Å²) < 4.78 is 5.71. The number of rotatable bonds is 2. The molecule has 0 aliphatic carbocycles. The topological polar surface area (TPSA) is 99.1 Å². The number of aliphatic imine (C=N–C) groups is 2. The van der Waals surface area contributed by atoms with Gasteiger partial charge in [0.2, 0.25) is 0 Å². The molecular weight excluding hydrogens is 368 g/mol. The van der Waals surface area contributed by atoms with Crippen molar-refractivity contribution in [3.05, 3.63) is 82.0 Å². The lowest BCUT2D eigenvalue weighted by molar-refractivity contribution is -0.133. The Morgan fingerprint density at radius 1 is 1.03 bits per heavy atom. The Hall–Kier alpha value is -3.71. The first-order valence-corrected chi connectivity index (χ1v) is 9.18. The maximum Gasteiger partial charge on any atom is 0.333 e. The molecule has 0 saturated carbocycles. The second-order valence-corrected chi connectivity index (χ2v) is 7.13. The van der Waals surface area contributed by atoms with E-state index in [1.165, 1.54) is 0 Å². The largest absolute Gasteiger partial charge is 0.478 e. The number of allylic oxidation sites excluding steroid dienone is 5. The number of aromatic amines is 1. The van der Waals surface area contributed by atoms with Crippen molar-refractivity contribution in [3.63, 3.8) is 0 Å². The van der Waals surface area contributed by atoms with Crippen LogP contribution in [0.2, 0.25) is 0 Å². The van der Waals surface area contributed by atoms with Crippen LogP contribution in [0, 0.1) is 0 Å². The molecule has 1 aromatic rings. The molecule has 0 spiro atoms. The van der Waals surface area contributed by atoms with Crippen LogP contribution in [0.5, 0.6) is 0 Å². The summed E-state index contributed by atoms with van der Waals surface area (Å²) in [6.45, 7) is 0. The van der Waals surface area contributed by atoms with Gasteiger partial charge in [0.05, 0.1) is 28.4 Å². The van der Waals surface area contributed by atoms with Crippen LogP contribution in [0.1, 0.15) is 6.42 Å². The number of carboxylic acid groups (broad SMARTS) is 1. The van der Waals surface area contributed by atoms with Crippen molar-refractivity contribution in [2.45, 2.75) is 12.1 Å². The zero-order valence-electron chi connectivity index (χ0n) is 15.6. The molecule has 0 fully saturated rings. The zero-order chi connectivity index (χ0) is 20.0. The average Bonchev–Trinajstić information content (AvgIpc) is 3.45. The normalized spacial score (nSPS) is 24.3. The summed E-state index contributed by atoms with van der Waals surface area (Å²) in [6.07, 6.45) is 15.2. The van der Waals surface area contributed by atoms with Crippen LogP contribution in [-0.4, -0.2) is 40.3 Å². The van der Waals surface area contributed by atoms with Gasteiger partial charge in [0.1, 0.15) is 0 Å². The molecule has 1 unspecified atom stereocenters. The zero-order valence-corrected chi connectivity index (χ0v) is 15.6. The number of hydrogen-bond donors (Lipinski definition) is 3. The van der Waals surface area contributed by atoms with Gasteiger partial charge in [-0.25, -0.2) is 14.8 Å². The number of aliphatic carboxylic acids is 1. The summed E-state index contributed by atoms with van der Waals surface area (Å²) in [6, 6.07) is 3.97. The van der Waals surface area contributed by atoms with Crippen LogP contribution in [0.4, 0.5) is 0 Å². The van der Waals surface area contributed by atoms with E-state index in [-0.39, 0.29) is 12.0 Å². The number of ether oxygens (including phenoxy) is 1. The second kappa shape index (κ2) is 6.42. The Kier molecular flexibility index (Phi) is 3.85. The first kappa shape index (κ1) is 17.4. The van der Waals surface area contributed by atoms with E-state index < -0.39 is 11.7 Å². The maximum atomic E-state index is 11.9. The third kappa shape index (κ3) is 3.21. The monoisotopic (exact) mass is 386 g/mol. The van der Waals surface area contributed by atoms with Gasteiger partial charge in [-0.05, 0) is 60.7 Å². The molecule has 29 heavy (non-hydrogen) atoms. The molecule has 0 radical (unpaired) electrons. The molecule has 8 bridgehead atoms. The van der Waals surface area contributed by atoms with Gasteiger partial charge < -0.3 is 20.1 Å². The standard InChI is InChI=1S/C22H18N4O3/c1-29-22-11-18-7-6-16(25-18)9-14-3-2-13(23-14)8-15-4-5-17(24-15)10-20(26-22)19(12-22)21(27)28/h2-11,23,26H,12H2,1H3,(H,27,28).